The van der Waals surface area contributed by atoms with Crippen LogP contribution in [0.5, 0.6) is 5.75 Å². The number of likely N-dealkylation sites (tertiary alicyclic amines) is 1. The fraction of sp³-hybridized carbons (Fsp3) is 0.500. The number of benzene rings is 1. The lowest BCUT2D eigenvalue weighted by Crippen LogP contribution is -2.40. The van der Waals surface area contributed by atoms with Gasteiger partial charge in [-0.3, -0.25) is 0 Å². The summed E-state index contributed by atoms with van der Waals surface area (Å²) in [6, 6.07) is 4.13. The number of aromatic nitrogens is 1. The lowest BCUT2D eigenvalue weighted by molar-refractivity contribution is -0.274. The third-order valence-electron chi connectivity index (χ3n) is 4.26. The van der Waals surface area contributed by atoms with E-state index in [1.807, 2.05) is 4.90 Å². The molecule has 0 spiro atoms. The number of hydrogen-bond acceptors (Lipinski definition) is 2. The maximum Gasteiger partial charge on any atom is 0.573 e. The summed E-state index contributed by atoms with van der Waals surface area (Å²) in [7, 11) is 0. The summed E-state index contributed by atoms with van der Waals surface area (Å²) >= 11 is 0. The fourth-order valence-electron chi connectivity index (χ4n) is 2.94. The summed E-state index contributed by atoms with van der Waals surface area (Å²) in [5, 5.41) is 0.652. The van der Waals surface area contributed by atoms with Crippen LogP contribution >= 0.6 is 0 Å². The minimum absolute atomic E-state index is 0.148. The molecule has 3 rings (SSSR count). The minimum atomic E-state index is -4.73. The van der Waals surface area contributed by atoms with E-state index in [0.29, 0.717) is 37.0 Å². The lowest BCUT2D eigenvalue weighted by atomic mass is 10.1. The molecular weight excluding hydrogens is 331 g/mol. The molecule has 8 heteroatoms. The van der Waals surface area contributed by atoms with Gasteiger partial charge in [0, 0.05) is 49.6 Å². The minimum Gasteiger partial charge on any atom is -0.406 e. The van der Waals surface area contributed by atoms with E-state index in [4.69, 9.17) is 0 Å². The quantitative estimate of drug-likeness (QED) is 0.833. The highest BCUT2D eigenvalue weighted by Crippen LogP contribution is 2.30. The molecule has 0 atom stereocenters. The van der Waals surface area contributed by atoms with Gasteiger partial charge < -0.3 is 14.6 Å². The van der Waals surface area contributed by atoms with Crippen LogP contribution in [0, 0.1) is 0 Å². The molecule has 1 saturated heterocycles. The van der Waals surface area contributed by atoms with Crippen molar-refractivity contribution in [2.24, 2.45) is 0 Å². The SMILES string of the molecule is FC1(F)CCN(CCc2c[nH]c3ccc(OC(F)(F)F)cc23)CC1. The van der Waals surface area contributed by atoms with Gasteiger partial charge in [0.25, 0.3) is 5.92 Å². The number of nitrogens with zero attached hydrogens (tertiary/aromatic N) is 1. The normalized spacial score (nSPS) is 18.9. The predicted molar refractivity (Wildman–Crippen MR) is 79.3 cm³/mol. The molecule has 1 aromatic heterocycles. The molecule has 1 aromatic carbocycles. The molecule has 0 saturated carbocycles. The van der Waals surface area contributed by atoms with Crippen LogP contribution in [0.3, 0.4) is 0 Å². The molecule has 0 bridgehead atoms. The van der Waals surface area contributed by atoms with Gasteiger partial charge in [-0.2, -0.15) is 0 Å². The monoisotopic (exact) mass is 348 g/mol. The Balaban J connectivity index is 1.67. The van der Waals surface area contributed by atoms with Crippen molar-refractivity contribution in [3.05, 3.63) is 30.0 Å². The van der Waals surface area contributed by atoms with E-state index in [1.165, 1.54) is 18.2 Å². The van der Waals surface area contributed by atoms with E-state index in [9.17, 15) is 22.0 Å². The zero-order chi connectivity index (χ0) is 17.4. The molecule has 0 aliphatic carbocycles. The summed E-state index contributed by atoms with van der Waals surface area (Å²) in [4.78, 5) is 4.95. The van der Waals surface area contributed by atoms with Gasteiger partial charge in [0.1, 0.15) is 5.75 Å². The van der Waals surface area contributed by atoms with Crippen molar-refractivity contribution in [2.75, 3.05) is 19.6 Å². The van der Waals surface area contributed by atoms with Gasteiger partial charge in [0.2, 0.25) is 0 Å². The second kappa shape index (κ2) is 6.23. The van der Waals surface area contributed by atoms with Crippen LogP contribution in [-0.2, 0) is 6.42 Å². The second-order valence-corrected chi connectivity index (χ2v) is 6.02. The van der Waals surface area contributed by atoms with Crippen LogP contribution in [-0.4, -0.2) is 41.8 Å². The number of fused-ring (bicyclic) bond motifs is 1. The first-order valence-corrected chi connectivity index (χ1v) is 7.68. The molecule has 2 heterocycles. The Hall–Kier alpha value is -1.83. The second-order valence-electron chi connectivity index (χ2n) is 6.02. The van der Waals surface area contributed by atoms with Crippen molar-refractivity contribution in [2.45, 2.75) is 31.5 Å². The Morgan fingerprint density at radius 1 is 1.17 bits per heavy atom. The van der Waals surface area contributed by atoms with Crippen LogP contribution in [0.1, 0.15) is 18.4 Å². The molecule has 3 nitrogen and oxygen atoms in total. The Labute approximate surface area is 135 Å². The number of rotatable bonds is 4. The smallest absolute Gasteiger partial charge is 0.406 e. The third-order valence-corrected chi connectivity index (χ3v) is 4.26. The van der Waals surface area contributed by atoms with Crippen molar-refractivity contribution >= 4 is 10.9 Å². The third kappa shape index (κ3) is 4.17. The number of nitrogens with one attached hydrogen (secondary N) is 1. The van der Waals surface area contributed by atoms with E-state index < -0.39 is 12.3 Å². The highest BCUT2D eigenvalue weighted by atomic mass is 19.4. The molecule has 1 fully saturated rings. The number of alkyl halides is 5. The van der Waals surface area contributed by atoms with Crippen molar-refractivity contribution in [3.8, 4) is 5.75 Å². The molecule has 1 aliphatic heterocycles. The fourth-order valence-corrected chi connectivity index (χ4v) is 2.94. The van der Waals surface area contributed by atoms with Crippen molar-refractivity contribution < 1.29 is 26.7 Å². The molecular formula is C16H17F5N2O. The maximum absolute atomic E-state index is 13.1. The Kier molecular flexibility index (Phi) is 4.42. The summed E-state index contributed by atoms with van der Waals surface area (Å²) in [6.45, 7) is 1.25. The molecule has 0 radical (unpaired) electrons. The summed E-state index contributed by atoms with van der Waals surface area (Å²) in [5.41, 5.74) is 1.56. The molecule has 0 amide bonds. The largest absolute Gasteiger partial charge is 0.573 e. The first kappa shape index (κ1) is 17.0. The van der Waals surface area contributed by atoms with E-state index in [1.54, 1.807) is 6.20 Å². The zero-order valence-electron chi connectivity index (χ0n) is 12.8. The van der Waals surface area contributed by atoms with Gasteiger partial charge in [-0.05, 0) is 30.2 Å². The Morgan fingerprint density at radius 2 is 1.88 bits per heavy atom. The van der Waals surface area contributed by atoms with Crippen LogP contribution in [0.25, 0.3) is 10.9 Å². The van der Waals surface area contributed by atoms with Gasteiger partial charge in [0.05, 0.1) is 0 Å². The van der Waals surface area contributed by atoms with Gasteiger partial charge in [-0.1, -0.05) is 0 Å². The molecule has 2 aromatic rings. The standard InChI is InChI=1S/C16H17F5N2O/c17-15(18)4-7-23(8-5-15)6-3-11-10-22-14-2-1-12(9-13(11)14)24-16(19,20)21/h1-2,9-10,22H,3-8H2. The summed E-state index contributed by atoms with van der Waals surface area (Å²) < 4.78 is 67.2. The average molecular weight is 348 g/mol. The zero-order valence-corrected chi connectivity index (χ0v) is 12.8. The maximum atomic E-state index is 13.1. The Morgan fingerprint density at radius 3 is 2.54 bits per heavy atom. The lowest BCUT2D eigenvalue weighted by Gasteiger charge is -2.31. The van der Waals surface area contributed by atoms with Crippen LogP contribution in [0.15, 0.2) is 24.4 Å². The highest BCUT2D eigenvalue weighted by Gasteiger charge is 2.34. The van der Waals surface area contributed by atoms with Gasteiger partial charge in [0.15, 0.2) is 0 Å². The number of piperidine rings is 1. The first-order valence-electron chi connectivity index (χ1n) is 7.68. The number of halogens is 5. The van der Waals surface area contributed by atoms with Crippen LogP contribution in [0.4, 0.5) is 22.0 Å². The van der Waals surface area contributed by atoms with Gasteiger partial charge >= 0.3 is 6.36 Å². The van der Waals surface area contributed by atoms with Gasteiger partial charge in [-0.25, -0.2) is 8.78 Å². The van der Waals surface area contributed by atoms with Crippen LogP contribution < -0.4 is 4.74 Å². The predicted octanol–water partition coefficient (Wildman–Crippen LogP) is 4.34. The molecule has 1 N–H and O–H groups in total. The molecule has 24 heavy (non-hydrogen) atoms. The van der Waals surface area contributed by atoms with Crippen LogP contribution in [0.2, 0.25) is 0 Å². The first-order chi connectivity index (χ1) is 11.2. The van der Waals surface area contributed by atoms with Gasteiger partial charge in [-0.15, -0.1) is 13.2 Å². The van der Waals surface area contributed by atoms with E-state index in [2.05, 4.69) is 9.72 Å². The highest BCUT2D eigenvalue weighted by molar-refractivity contribution is 5.84. The van der Waals surface area contributed by atoms with Crippen molar-refractivity contribution in [1.29, 1.82) is 0 Å². The number of hydrogen-bond donors (Lipinski definition) is 1. The summed E-state index contributed by atoms with van der Waals surface area (Å²) in [6.07, 6.45) is -2.72. The molecule has 132 valence electrons. The van der Waals surface area contributed by atoms with Crippen molar-refractivity contribution in [1.82, 2.24) is 9.88 Å². The van der Waals surface area contributed by atoms with Crippen molar-refractivity contribution in [3.63, 3.8) is 0 Å². The van der Waals surface area contributed by atoms with E-state index in [0.717, 1.165) is 5.56 Å². The van der Waals surface area contributed by atoms with E-state index >= 15 is 0 Å². The molecule has 1 aliphatic rings. The number of H-pyrrole nitrogens is 1. The number of ether oxygens (including phenoxy) is 1. The topological polar surface area (TPSA) is 28.3 Å². The summed E-state index contributed by atoms with van der Waals surface area (Å²) in [5.74, 6) is -2.85. The number of aromatic amines is 1. The molecule has 0 unspecified atom stereocenters. The Bertz CT molecular complexity index is 700. The van der Waals surface area contributed by atoms with E-state index in [-0.39, 0.29) is 18.6 Å². The average Bonchev–Trinajstić information content (AvgIpc) is 2.87.